The smallest absolute Gasteiger partial charge is 0.130 e. The fourth-order valence-corrected chi connectivity index (χ4v) is 2.42. The van der Waals surface area contributed by atoms with Crippen LogP contribution in [0.15, 0.2) is 30.3 Å². The lowest BCUT2D eigenvalue weighted by molar-refractivity contribution is 0.289. The zero-order valence-electron chi connectivity index (χ0n) is 13.4. The van der Waals surface area contributed by atoms with Crippen molar-refractivity contribution in [1.29, 1.82) is 0 Å². The Morgan fingerprint density at radius 2 is 2.05 bits per heavy atom. The van der Waals surface area contributed by atoms with E-state index in [-0.39, 0.29) is 6.04 Å². The Balaban J connectivity index is 2.10. The van der Waals surface area contributed by atoms with Gasteiger partial charge >= 0.3 is 0 Å². The Hall–Kier alpha value is -1.81. The standard InChI is InChI=1S/C17H25N3O/c1-5-14-11-15(20(4)19-14)12-21-17-10-8-7-9-16(17)13(3)18-6-2/h7-11,13,18H,5-6,12H2,1-4H3. The van der Waals surface area contributed by atoms with Gasteiger partial charge in [-0.15, -0.1) is 0 Å². The first kappa shape index (κ1) is 15.6. The minimum atomic E-state index is 0.281. The summed E-state index contributed by atoms with van der Waals surface area (Å²) in [7, 11) is 1.96. The second kappa shape index (κ2) is 7.27. The molecule has 0 radical (unpaired) electrons. The van der Waals surface area contributed by atoms with E-state index in [1.54, 1.807) is 0 Å². The van der Waals surface area contributed by atoms with Crippen molar-refractivity contribution in [3.05, 3.63) is 47.3 Å². The Morgan fingerprint density at radius 1 is 1.29 bits per heavy atom. The molecule has 4 nitrogen and oxygen atoms in total. The number of hydrogen-bond acceptors (Lipinski definition) is 3. The van der Waals surface area contributed by atoms with Gasteiger partial charge in [-0.3, -0.25) is 4.68 Å². The molecule has 0 fully saturated rings. The van der Waals surface area contributed by atoms with Crippen LogP contribution in [0.25, 0.3) is 0 Å². The molecule has 1 aromatic heterocycles. The van der Waals surface area contributed by atoms with Crippen LogP contribution in [0.2, 0.25) is 0 Å². The van der Waals surface area contributed by atoms with Crippen molar-refractivity contribution in [2.75, 3.05) is 6.54 Å². The third kappa shape index (κ3) is 3.85. The summed E-state index contributed by atoms with van der Waals surface area (Å²) in [5.74, 6) is 0.935. The second-order valence-electron chi connectivity index (χ2n) is 5.21. The van der Waals surface area contributed by atoms with E-state index in [1.807, 2.05) is 23.9 Å². The lowest BCUT2D eigenvalue weighted by Gasteiger charge is -2.17. The lowest BCUT2D eigenvalue weighted by atomic mass is 10.1. The monoisotopic (exact) mass is 287 g/mol. The van der Waals surface area contributed by atoms with Crippen LogP contribution in [0, 0.1) is 0 Å². The van der Waals surface area contributed by atoms with Crippen molar-refractivity contribution in [2.24, 2.45) is 7.05 Å². The lowest BCUT2D eigenvalue weighted by Crippen LogP contribution is -2.18. The maximum absolute atomic E-state index is 6.03. The first-order valence-corrected chi connectivity index (χ1v) is 7.62. The van der Waals surface area contributed by atoms with Gasteiger partial charge in [0.25, 0.3) is 0 Å². The molecule has 1 heterocycles. The van der Waals surface area contributed by atoms with Crippen molar-refractivity contribution >= 4 is 0 Å². The molecule has 0 amide bonds. The van der Waals surface area contributed by atoms with E-state index in [2.05, 4.69) is 49.4 Å². The molecule has 21 heavy (non-hydrogen) atoms. The summed E-state index contributed by atoms with van der Waals surface area (Å²) in [5.41, 5.74) is 3.39. The summed E-state index contributed by atoms with van der Waals surface area (Å²) in [4.78, 5) is 0. The van der Waals surface area contributed by atoms with Crippen molar-refractivity contribution in [3.8, 4) is 5.75 Å². The van der Waals surface area contributed by atoms with Crippen LogP contribution in [0.1, 0.15) is 43.8 Å². The fourth-order valence-electron chi connectivity index (χ4n) is 2.42. The van der Waals surface area contributed by atoms with Crippen molar-refractivity contribution in [3.63, 3.8) is 0 Å². The molecule has 114 valence electrons. The number of ether oxygens (including phenoxy) is 1. The van der Waals surface area contributed by atoms with E-state index in [0.717, 1.165) is 30.1 Å². The molecule has 0 saturated heterocycles. The van der Waals surface area contributed by atoms with Gasteiger partial charge in [0.1, 0.15) is 12.4 Å². The zero-order valence-corrected chi connectivity index (χ0v) is 13.4. The highest BCUT2D eigenvalue weighted by molar-refractivity contribution is 5.35. The molecule has 2 rings (SSSR count). The molecule has 1 unspecified atom stereocenters. The molecular weight excluding hydrogens is 262 g/mol. The predicted molar refractivity (Wildman–Crippen MR) is 85.5 cm³/mol. The number of hydrogen-bond donors (Lipinski definition) is 1. The van der Waals surface area contributed by atoms with E-state index in [9.17, 15) is 0 Å². The zero-order chi connectivity index (χ0) is 15.2. The van der Waals surface area contributed by atoms with E-state index < -0.39 is 0 Å². The maximum Gasteiger partial charge on any atom is 0.130 e. The molecular formula is C17H25N3O. The molecule has 1 atom stereocenters. The number of benzene rings is 1. The number of rotatable bonds is 7. The highest BCUT2D eigenvalue weighted by Crippen LogP contribution is 2.25. The normalized spacial score (nSPS) is 12.4. The maximum atomic E-state index is 6.03. The number of aromatic nitrogens is 2. The molecule has 1 N–H and O–H groups in total. The third-order valence-corrected chi connectivity index (χ3v) is 3.66. The highest BCUT2D eigenvalue weighted by Gasteiger charge is 2.11. The number of nitrogens with one attached hydrogen (secondary N) is 1. The summed E-state index contributed by atoms with van der Waals surface area (Å²) >= 11 is 0. The van der Waals surface area contributed by atoms with E-state index in [0.29, 0.717) is 6.61 Å². The average molecular weight is 287 g/mol. The summed E-state index contributed by atoms with van der Waals surface area (Å²) < 4.78 is 7.93. The molecule has 0 aliphatic heterocycles. The Kier molecular flexibility index (Phi) is 5.39. The van der Waals surface area contributed by atoms with Crippen LogP contribution in [0.3, 0.4) is 0 Å². The highest BCUT2D eigenvalue weighted by atomic mass is 16.5. The van der Waals surface area contributed by atoms with Gasteiger partial charge in [0.15, 0.2) is 0 Å². The van der Waals surface area contributed by atoms with Gasteiger partial charge < -0.3 is 10.1 Å². The SMILES string of the molecule is CCNC(C)c1ccccc1OCc1cc(CC)nn1C. The third-order valence-electron chi connectivity index (χ3n) is 3.66. The molecule has 0 spiro atoms. The predicted octanol–water partition coefficient (Wildman–Crippen LogP) is 3.23. The average Bonchev–Trinajstić information content (AvgIpc) is 2.86. The van der Waals surface area contributed by atoms with Gasteiger partial charge in [0.2, 0.25) is 0 Å². The first-order chi connectivity index (χ1) is 10.2. The van der Waals surface area contributed by atoms with Gasteiger partial charge in [0.05, 0.1) is 11.4 Å². The van der Waals surface area contributed by atoms with Gasteiger partial charge in [0, 0.05) is 18.7 Å². The minimum Gasteiger partial charge on any atom is -0.487 e. The number of para-hydroxylation sites is 1. The van der Waals surface area contributed by atoms with E-state index >= 15 is 0 Å². The Labute approximate surface area is 127 Å². The second-order valence-corrected chi connectivity index (χ2v) is 5.21. The summed E-state index contributed by atoms with van der Waals surface area (Å²) in [6.45, 7) is 7.86. The van der Waals surface area contributed by atoms with Crippen LogP contribution in [0.5, 0.6) is 5.75 Å². The molecule has 0 aliphatic carbocycles. The van der Waals surface area contributed by atoms with Crippen molar-refractivity contribution < 1.29 is 4.74 Å². The van der Waals surface area contributed by atoms with Gasteiger partial charge in [-0.2, -0.15) is 5.10 Å². The quantitative estimate of drug-likeness (QED) is 0.849. The Bertz CT molecular complexity index is 577. The van der Waals surface area contributed by atoms with Crippen molar-refractivity contribution in [2.45, 2.75) is 39.8 Å². The molecule has 1 aromatic carbocycles. The van der Waals surface area contributed by atoms with Crippen molar-refractivity contribution in [1.82, 2.24) is 15.1 Å². The fraction of sp³-hybridized carbons (Fsp3) is 0.471. The molecule has 2 aromatic rings. The first-order valence-electron chi connectivity index (χ1n) is 7.62. The van der Waals surface area contributed by atoms with Crippen LogP contribution in [-0.4, -0.2) is 16.3 Å². The molecule has 0 saturated carbocycles. The van der Waals surface area contributed by atoms with E-state index in [4.69, 9.17) is 4.74 Å². The Morgan fingerprint density at radius 3 is 2.71 bits per heavy atom. The van der Waals surface area contributed by atoms with Crippen LogP contribution >= 0.6 is 0 Å². The van der Waals surface area contributed by atoms with Gasteiger partial charge in [-0.1, -0.05) is 32.0 Å². The van der Waals surface area contributed by atoms with Gasteiger partial charge in [-0.05, 0) is 32.0 Å². The molecule has 4 heteroatoms. The largest absolute Gasteiger partial charge is 0.487 e. The minimum absolute atomic E-state index is 0.281. The number of nitrogens with zero attached hydrogens (tertiary/aromatic N) is 2. The number of aryl methyl sites for hydroxylation is 2. The van der Waals surface area contributed by atoms with Crippen LogP contribution < -0.4 is 10.1 Å². The summed E-state index contributed by atoms with van der Waals surface area (Å²) in [6, 6.07) is 10.6. The van der Waals surface area contributed by atoms with Crippen LogP contribution in [-0.2, 0) is 20.1 Å². The van der Waals surface area contributed by atoms with Crippen LogP contribution in [0.4, 0.5) is 0 Å². The van der Waals surface area contributed by atoms with E-state index in [1.165, 1.54) is 5.56 Å². The topological polar surface area (TPSA) is 39.1 Å². The molecule has 0 bridgehead atoms. The summed E-state index contributed by atoms with van der Waals surface area (Å²) in [5, 5.41) is 7.88. The summed E-state index contributed by atoms with van der Waals surface area (Å²) in [6.07, 6.45) is 0.946. The van der Waals surface area contributed by atoms with Gasteiger partial charge in [-0.25, -0.2) is 0 Å². The molecule has 0 aliphatic rings.